The summed E-state index contributed by atoms with van der Waals surface area (Å²) in [5.74, 6) is -1.38. The Balaban J connectivity index is 1.64. The summed E-state index contributed by atoms with van der Waals surface area (Å²) in [4.78, 5) is 38.2. The van der Waals surface area contributed by atoms with Crippen LogP contribution in [0, 0.1) is 22.2 Å². The van der Waals surface area contributed by atoms with Crippen molar-refractivity contribution < 1.29 is 38.1 Å². The Labute approximate surface area is 197 Å². The molecule has 2 aliphatic carbocycles. The van der Waals surface area contributed by atoms with Crippen molar-refractivity contribution in [3.05, 3.63) is 47.6 Å². The summed E-state index contributed by atoms with van der Waals surface area (Å²) in [5.41, 5.74) is -2.70. The van der Waals surface area contributed by atoms with Gasteiger partial charge in [0, 0.05) is 28.5 Å². The average Bonchev–Trinajstić information content (AvgIpc) is 3.38. The zero-order valence-electron chi connectivity index (χ0n) is 20.0. The maximum Gasteiger partial charge on any atom is 0.331 e. The number of allylic oxidation sites excluding steroid dienone is 1. The first-order chi connectivity index (χ1) is 15.9. The predicted octanol–water partition coefficient (Wildman–Crippen LogP) is 3.41. The van der Waals surface area contributed by atoms with E-state index < -0.39 is 51.9 Å². The number of ether oxygens (including phenoxy) is 3. The van der Waals surface area contributed by atoms with Crippen LogP contribution in [0.3, 0.4) is 0 Å². The number of furan rings is 1. The second kappa shape index (κ2) is 7.07. The molecular formula is C26H30O8. The van der Waals surface area contributed by atoms with E-state index in [1.165, 1.54) is 25.5 Å². The van der Waals surface area contributed by atoms with Crippen molar-refractivity contribution in [3.8, 4) is 0 Å². The fourth-order valence-electron chi connectivity index (χ4n) is 6.79. The molecule has 6 atom stereocenters. The van der Waals surface area contributed by atoms with E-state index in [1.807, 2.05) is 13.8 Å². The first-order valence-electron chi connectivity index (χ1n) is 11.6. The van der Waals surface area contributed by atoms with Gasteiger partial charge in [-0.05, 0) is 37.3 Å². The number of hydrogen-bond acceptors (Lipinski definition) is 8. The Hall–Kier alpha value is -2.87. The predicted molar refractivity (Wildman–Crippen MR) is 118 cm³/mol. The van der Waals surface area contributed by atoms with Gasteiger partial charge in [0.25, 0.3) is 0 Å². The van der Waals surface area contributed by atoms with E-state index in [9.17, 15) is 19.5 Å². The molecule has 5 rings (SSSR count). The lowest BCUT2D eigenvalue weighted by molar-refractivity contribution is -0.171. The number of fused-ring (bicyclic) bond motifs is 5. The molecule has 0 bridgehead atoms. The van der Waals surface area contributed by atoms with Crippen LogP contribution in [-0.4, -0.2) is 41.6 Å². The molecule has 0 aromatic carbocycles. The third kappa shape index (κ3) is 2.72. The highest BCUT2D eigenvalue weighted by atomic mass is 16.6. The van der Waals surface area contributed by atoms with Gasteiger partial charge in [0.15, 0.2) is 11.9 Å². The smallest absolute Gasteiger partial charge is 0.331 e. The highest BCUT2D eigenvalue weighted by Gasteiger charge is 2.73. The second-order valence-corrected chi connectivity index (χ2v) is 10.9. The number of hydrogen-bond donors (Lipinski definition) is 1. The molecule has 8 nitrogen and oxygen atoms in total. The van der Waals surface area contributed by atoms with Crippen LogP contribution in [0.5, 0.6) is 0 Å². The number of carbonyl (C=O) groups excluding carboxylic acids is 3. The molecule has 1 unspecified atom stereocenters. The summed E-state index contributed by atoms with van der Waals surface area (Å²) in [5, 5.41) is 12.4. The number of carbonyl (C=O) groups is 3. The molecule has 1 aromatic heterocycles. The molecule has 0 radical (unpaired) electrons. The van der Waals surface area contributed by atoms with E-state index in [-0.39, 0.29) is 12.2 Å². The Morgan fingerprint density at radius 2 is 1.85 bits per heavy atom. The van der Waals surface area contributed by atoms with Crippen molar-refractivity contribution in [2.75, 3.05) is 7.11 Å². The summed E-state index contributed by atoms with van der Waals surface area (Å²) < 4.78 is 22.3. The number of aliphatic hydroxyl groups is 1. The lowest BCUT2D eigenvalue weighted by atomic mass is 9.47. The van der Waals surface area contributed by atoms with Gasteiger partial charge in [-0.3, -0.25) is 9.59 Å². The molecule has 1 saturated carbocycles. The molecule has 2 fully saturated rings. The first-order valence-corrected chi connectivity index (χ1v) is 11.6. The van der Waals surface area contributed by atoms with Gasteiger partial charge in [-0.15, -0.1) is 0 Å². The Kier molecular flexibility index (Phi) is 4.76. The highest BCUT2D eigenvalue weighted by Crippen LogP contribution is 2.69. The molecule has 0 amide bonds. The van der Waals surface area contributed by atoms with Gasteiger partial charge in [0.2, 0.25) is 0 Å². The van der Waals surface area contributed by atoms with Crippen LogP contribution >= 0.6 is 0 Å². The monoisotopic (exact) mass is 470 g/mol. The first kappa shape index (κ1) is 22.9. The number of methoxy groups -OCH3 is 1. The Morgan fingerprint density at radius 1 is 1.12 bits per heavy atom. The third-order valence-corrected chi connectivity index (χ3v) is 9.05. The van der Waals surface area contributed by atoms with Crippen LogP contribution in [0.15, 0.2) is 46.5 Å². The van der Waals surface area contributed by atoms with E-state index in [2.05, 4.69) is 0 Å². The molecule has 3 heterocycles. The maximum absolute atomic E-state index is 13.1. The van der Waals surface area contributed by atoms with Crippen molar-refractivity contribution in [3.63, 3.8) is 0 Å². The molecular weight excluding hydrogens is 440 g/mol. The molecule has 34 heavy (non-hydrogen) atoms. The van der Waals surface area contributed by atoms with Gasteiger partial charge in [-0.2, -0.15) is 0 Å². The number of rotatable bonds is 3. The Bertz CT molecular complexity index is 1130. The lowest BCUT2D eigenvalue weighted by Crippen LogP contribution is -2.62. The van der Waals surface area contributed by atoms with Crippen LogP contribution in [0.1, 0.15) is 58.6 Å². The van der Waals surface area contributed by atoms with Crippen LogP contribution in [0.4, 0.5) is 0 Å². The largest absolute Gasteiger partial charge is 0.486 e. The summed E-state index contributed by atoms with van der Waals surface area (Å²) in [6.07, 6.45) is 5.27. The number of esters is 2. The molecule has 0 spiro atoms. The van der Waals surface area contributed by atoms with Crippen LogP contribution in [0.25, 0.3) is 0 Å². The molecule has 8 heteroatoms. The number of ketones is 1. The Morgan fingerprint density at radius 3 is 2.50 bits per heavy atom. The van der Waals surface area contributed by atoms with Gasteiger partial charge in [0.05, 0.1) is 31.5 Å². The fourth-order valence-corrected chi connectivity index (χ4v) is 6.79. The normalized spacial score (nSPS) is 40.1. The lowest BCUT2D eigenvalue weighted by Gasteiger charge is -2.56. The molecule has 4 aliphatic rings. The maximum atomic E-state index is 13.1. The van der Waals surface area contributed by atoms with Gasteiger partial charge < -0.3 is 23.7 Å². The highest BCUT2D eigenvalue weighted by molar-refractivity contribution is 5.97. The summed E-state index contributed by atoms with van der Waals surface area (Å²) in [6.45, 7) is 7.43. The fraction of sp³-hybridized carbons (Fsp3) is 0.577. The summed E-state index contributed by atoms with van der Waals surface area (Å²) >= 11 is 0. The van der Waals surface area contributed by atoms with Crippen LogP contribution in [-0.2, 0) is 28.6 Å². The van der Waals surface area contributed by atoms with Crippen molar-refractivity contribution in [2.45, 2.75) is 64.8 Å². The van der Waals surface area contributed by atoms with Crippen molar-refractivity contribution in [1.82, 2.24) is 0 Å². The van der Waals surface area contributed by atoms with Gasteiger partial charge in [-0.1, -0.05) is 20.8 Å². The summed E-state index contributed by atoms with van der Waals surface area (Å²) in [7, 11) is 1.31. The van der Waals surface area contributed by atoms with E-state index in [0.717, 1.165) is 5.56 Å². The zero-order chi connectivity index (χ0) is 24.7. The van der Waals surface area contributed by atoms with Crippen molar-refractivity contribution in [1.29, 1.82) is 0 Å². The van der Waals surface area contributed by atoms with E-state index in [1.54, 1.807) is 26.2 Å². The van der Waals surface area contributed by atoms with Gasteiger partial charge in [-0.25, -0.2) is 4.79 Å². The summed E-state index contributed by atoms with van der Waals surface area (Å²) in [6, 6.07) is 1.76. The van der Waals surface area contributed by atoms with Crippen LogP contribution in [0.2, 0.25) is 0 Å². The zero-order valence-corrected chi connectivity index (χ0v) is 20.0. The molecule has 1 N–H and O–H groups in total. The van der Waals surface area contributed by atoms with Crippen molar-refractivity contribution in [2.24, 2.45) is 22.2 Å². The molecule has 2 aliphatic heterocycles. The van der Waals surface area contributed by atoms with E-state index in [0.29, 0.717) is 24.2 Å². The average molecular weight is 471 g/mol. The van der Waals surface area contributed by atoms with Crippen LogP contribution < -0.4 is 0 Å². The van der Waals surface area contributed by atoms with Crippen molar-refractivity contribution >= 4 is 17.7 Å². The molecule has 1 saturated heterocycles. The minimum absolute atomic E-state index is 0.0442. The SMILES string of the molecule is COC(=O)C[C@H]1C(C)(C)C(=O)C=C2OC3C4=CC(=O)O[C@@H](c5ccoc5)[C@]4(C)CC[C@]3(O)[C@@]21C. The van der Waals surface area contributed by atoms with E-state index >= 15 is 0 Å². The number of cyclic esters (lactones) is 1. The quantitative estimate of drug-likeness (QED) is 0.669. The molecule has 182 valence electrons. The minimum Gasteiger partial charge on any atom is -0.486 e. The van der Waals surface area contributed by atoms with E-state index in [4.69, 9.17) is 18.6 Å². The standard InChI is InChI=1S/C26H30O8/c1-23(2)16(11-19(28)31-5)25(4)18(12-17(23)27)33-22-15-10-20(29)34-21(14-6-9-32-13-14)24(15,3)7-8-26(22,25)30/h6,9-10,12-13,16,21-22,30H,7-8,11H2,1-5H3/t16-,21-,22?,24+,25+,26+/m0/s1. The minimum atomic E-state index is -1.45. The van der Waals surface area contributed by atoms with Gasteiger partial charge >= 0.3 is 11.9 Å². The topological polar surface area (TPSA) is 112 Å². The molecule has 1 aromatic rings. The van der Waals surface area contributed by atoms with Gasteiger partial charge in [0.1, 0.15) is 17.5 Å². The third-order valence-electron chi connectivity index (χ3n) is 9.05. The second-order valence-electron chi connectivity index (χ2n) is 10.9.